The smallest absolute Gasteiger partial charge is 0.269 e. The average Bonchev–Trinajstić information content (AvgIpc) is 3.26. The van der Waals surface area contributed by atoms with Crippen LogP contribution in [0.25, 0.3) is 11.4 Å². The predicted molar refractivity (Wildman–Crippen MR) is 87.3 cm³/mol. The van der Waals surface area contributed by atoms with Crippen molar-refractivity contribution in [3.05, 3.63) is 41.9 Å². The molecule has 0 radical (unpaired) electrons. The van der Waals surface area contributed by atoms with E-state index in [1.165, 1.54) is 0 Å². The number of H-pyrrole nitrogens is 1. The Balaban J connectivity index is 1.70. The zero-order valence-electron chi connectivity index (χ0n) is 14.1. The van der Waals surface area contributed by atoms with E-state index in [9.17, 15) is 4.79 Å². The first kappa shape index (κ1) is 16.0. The lowest BCUT2D eigenvalue weighted by molar-refractivity contribution is 0.0928. The highest BCUT2D eigenvalue weighted by Crippen LogP contribution is 2.19. The summed E-state index contributed by atoms with van der Waals surface area (Å²) in [6.07, 6.45) is 1.92. The first-order valence-electron chi connectivity index (χ1n) is 7.77. The molecule has 2 N–H and O–H groups in total. The zero-order chi connectivity index (χ0) is 17.3. The average molecular weight is 328 g/mol. The first-order chi connectivity index (χ1) is 11.5. The highest BCUT2D eigenvalue weighted by atomic mass is 16.4. The molecule has 0 fully saturated rings. The van der Waals surface area contributed by atoms with E-state index in [0.717, 1.165) is 5.69 Å². The number of carbonyl (C=O) groups is 1. The summed E-state index contributed by atoms with van der Waals surface area (Å²) in [6, 6.07) is 5.18. The van der Waals surface area contributed by atoms with Crippen molar-refractivity contribution in [2.45, 2.75) is 32.7 Å². The molecule has 0 saturated carbocycles. The van der Waals surface area contributed by atoms with Gasteiger partial charge in [-0.15, -0.1) is 10.2 Å². The molecule has 0 aliphatic carbocycles. The fraction of sp³-hybridized carbons (Fsp3) is 0.375. The van der Waals surface area contributed by atoms with Crippen molar-refractivity contribution in [3.63, 3.8) is 0 Å². The van der Waals surface area contributed by atoms with Crippen molar-refractivity contribution >= 4 is 5.91 Å². The molecule has 0 saturated heterocycles. The van der Waals surface area contributed by atoms with Crippen LogP contribution < -0.4 is 5.32 Å². The molecule has 8 nitrogen and oxygen atoms in total. The van der Waals surface area contributed by atoms with Crippen LogP contribution in [0.4, 0.5) is 0 Å². The van der Waals surface area contributed by atoms with Crippen molar-refractivity contribution in [1.82, 2.24) is 30.3 Å². The molecule has 24 heavy (non-hydrogen) atoms. The van der Waals surface area contributed by atoms with Crippen LogP contribution in [-0.4, -0.2) is 30.9 Å². The number of nitrogens with zero attached hydrogens (tertiary/aromatic N) is 4. The van der Waals surface area contributed by atoms with Gasteiger partial charge in [0.15, 0.2) is 0 Å². The lowest BCUT2D eigenvalue weighted by atomic mass is 10.2. The van der Waals surface area contributed by atoms with Crippen molar-refractivity contribution in [2.24, 2.45) is 7.05 Å². The van der Waals surface area contributed by atoms with E-state index in [-0.39, 0.29) is 17.9 Å². The number of aromatic nitrogens is 5. The molecule has 0 spiro atoms. The van der Waals surface area contributed by atoms with Crippen LogP contribution >= 0.6 is 0 Å². The van der Waals surface area contributed by atoms with E-state index in [0.29, 0.717) is 23.2 Å². The van der Waals surface area contributed by atoms with Gasteiger partial charge in [-0.1, -0.05) is 13.8 Å². The lowest BCUT2D eigenvalue weighted by Crippen LogP contribution is -2.27. The summed E-state index contributed by atoms with van der Waals surface area (Å²) in [7, 11) is 1.92. The van der Waals surface area contributed by atoms with Gasteiger partial charge in [-0.2, -0.15) is 5.10 Å². The Morgan fingerprint density at radius 1 is 1.29 bits per heavy atom. The van der Waals surface area contributed by atoms with Gasteiger partial charge in [0, 0.05) is 19.2 Å². The topological polar surface area (TPSA) is 102 Å². The molecule has 0 aliphatic rings. The van der Waals surface area contributed by atoms with Gasteiger partial charge >= 0.3 is 0 Å². The number of aryl methyl sites for hydroxylation is 1. The molecule has 0 aliphatic heterocycles. The first-order valence-corrected chi connectivity index (χ1v) is 7.77. The Labute approximate surface area is 139 Å². The summed E-state index contributed by atoms with van der Waals surface area (Å²) in [4.78, 5) is 12.4. The number of hydrogen-bond donors (Lipinski definition) is 2. The molecule has 0 aromatic carbocycles. The fourth-order valence-electron chi connectivity index (χ4n) is 2.29. The summed E-state index contributed by atoms with van der Waals surface area (Å²) in [5, 5.41) is 17.7. The van der Waals surface area contributed by atoms with Crippen LogP contribution in [0.2, 0.25) is 0 Å². The Hall–Kier alpha value is -2.90. The molecule has 126 valence electrons. The molecule has 0 bridgehead atoms. The maximum Gasteiger partial charge on any atom is 0.269 e. The van der Waals surface area contributed by atoms with E-state index in [1.54, 1.807) is 13.0 Å². The minimum absolute atomic E-state index is 0.148. The Bertz CT molecular complexity index is 844. The summed E-state index contributed by atoms with van der Waals surface area (Å²) in [5.74, 6) is 0.808. The van der Waals surface area contributed by atoms with E-state index in [2.05, 4.69) is 25.7 Å². The third-order valence-electron chi connectivity index (χ3n) is 3.70. The molecule has 8 heteroatoms. The molecule has 3 aromatic heterocycles. The highest BCUT2D eigenvalue weighted by molar-refractivity contribution is 5.93. The van der Waals surface area contributed by atoms with E-state index >= 15 is 0 Å². The molecule has 3 aromatic rings. The van der Waals surface area contributed by atoms with Crippen LogP contribution in [0.15, 0.2) is 28.8 Å². The monoisotopic (exact) mass is 328 g/mol. The predicted octanol–water partition coefficient (Wildman–Crippen LogP) is 2.41. The number of nitrogens with one attached hydrogen (secondary N) is 2. The van der Waals surface area contributed by atoms with Crippen molar-refractivity contribution in [1.29, 1.82) is 0 Å². The molecular weight excluding hydrogens is 308 g/mol. The standard InChI is InChI=1S/C16H20N6O2/c1-9(2)15-20-21-16(24-15)10(3)17-14(23)12-8-11(18-19-12)13-6-5-7-22(13)4/h5-10H,1-4H3,(H,17,23)(H,18,19)/t10-/m1/s1. The maximum atomic E-state index is 12.4. The van der Waals surface area contributed by atoms with Gasteiger partial charge in [-0.25, -0.2) is 0 Å². The molecule has 1 atom stereocenters. The summed E-state index contributed by atoms with van der Waals surface area (Å²) in [5.41, 5.74) is 2.01. The molecular formula is C16H20N6O2. The molecule has 0 unspecified atom stereocenters. The van der Waals surface area contributed by atoms with Crippen molar-refractivity contribution in [3.8, 4) is 11.4 Å². The second-order valence-electron chi connectivity index (χ2n) is 6.00. The fourth-order valence-corrected chi connectivity index (χ4v) is 2.29. The van der Waals surface area contributed by atoms with Crippen LogP contribution in [0.5, 0.6) is 0 Å². The van der Waals surface area contributed by atoms with E-state index in [1.807, 2.05) is 43.8 Å². The Morgan fingerprint density at radius 3 is 2.67 bits per heavy atom. The van der Waals surface area contributed by atoms with Gasteiger partial charge in [0.1, 0.15) is 17.4 Å². The second kappa shape index (κ2) is 6.31. The van der Waals surface area contributed by atoms with E-state index < -0.39 is 0 Å². The van der Waals surface area contributed by atoms with Crippen LogP contribution in [-0.2, 0) is 7.05 Å². The molecule has 3 rings (SSSR count). The molecule has 1 amide bonds. The Kier molecular flexibility index (Phi) is 4.20. The normalized spacial score (nSPS) is 12.5. The van der Waals surface area contributed by atoms with Crippen molar-refractivity contribution in [2.75, 3.05) is 0 Å². The summed E-state index contributed by atoms with van der Waals surface area (Å²) < 4.78 is 7.49. The number of rotatable bonds is 5. The summed E-state index contributed by atoms with van der Waals surface area (Å²) >= 11 is 0. The van der Waals surface area contributed by atoms with Gasteiger partial charge in [-0.3, -0.25) is 9.89 Å². The number of carbonyl (C=O) groups excluding carboxylic acids is 1. The number of amides is 1. The van der Waals surface area contributed by atoms with Gasteiger partial charge in [0.25, 0.3) is 5.91 Å². The highest BCUT2D eigenvalue weighted by Gasteiger charge is 2.20. The Morgan fingerprint density at radius 2 is 2.04 bits per heavy atom. The minimum atomic E-state index is -0.390. The zero-order valence-corrected chi connectivity index (χ0v) is 14.1. The van der Waals surface area contributed by atoms with Crippen LogP contribution in [0.3, 0.4) is 0 Å². The number of hydrogen-bond acceptors (Lipinski definition) is 5. The molecule has 3 heterocycles. The van der Waals surface area contributed by atoms with Crippen LogP contribution in [0, 0.1) is 0 Å². The van der Waals surface area contributed by atoms with Gasteiger partial charge in [-0.05, 0) is 25.1 Å². The third-order valence-corrected chi connectivity index (χ3v) is 3.70. The number of aromatic amines is 1. The van der Waals surface area contributed by atoms with Gasteiger partial charge in [0.2, 0.25) is 11.8 Å². The van der Waals surface area contributed by atoms with Crippen molar-refractivity contribution < 1.29 is 9.21 Å². The quantitative estimate of drug-likeness (QED) is 0.749. The van der Waals surface area contributed by atoms with Gasteiger partial charge in [0.05, 0.1) is 5.69 Å². The summed E-state index contributed by atoms with van der Waals surface area (Å²) in [6.45, 7) is 5.73. The van der Waals surface area contributed by atoms with Gasteiger partial charge < -0.3 is 14.3 Å². The largest absolute Gasteiger partial charge is 0.423 e. The SMILES string of the molecule is CC(C)c1nnc([C@@H](C)NC(=O)c2cc(-c3cccn3C)n[nH]2)o1. The van der Waals surface area contributed by atoms with Crippen LogP contribution in [0.1, 0.15) is 55.0 Å². The minimum Gasteiger partial charge on any atom is -0.423 e. The lowest BCUT2D eigenvalue weighted by Gasteiger charge is -2.08. The second-order valence-corrected chi connectivity index (χ2v) is 6.00. The third kappa shape index (κ3) is 3.08. The maximum absolute atomic E-state index is 12.4. The van der Waals surface area contributed by atoms with E-state index in [4.69, 9.17) is 4.42 Å².